The van der Waals surface area contributed by atoms with E-state index in [-0.39, 0.29) is 18.2 Å². The van der Waals surface area contributed by atoms with Gasteiger partial charge in [0.05, 0.1) is 33.9 Å². The number of hydrazine groups is 1. The number of nitrogens with one attached hydrogen (secondary N) is 2. The molecule has 4 heterocycles. The highest BCUT2D eigenvalue weighted by molar-refractivity contribution is 6.35. The average molecular weight is 531 g/mol. The van der Waals surface area contributed by atoms with Gasteiger partial charge in [-0.3, -0.25) is 10.4 Å². The molecule has 2 N–H and O–H groups in total. The zero-order valence-corrected chi connectivity index (χ0v) is 22.4. The summed E-state index contributed by atoms with van der Waals surface area (Å²) in [4.78, 5) is 13.3. The minimum absolute atomic E-state index is 0.0624. The fraction of sp³-hybridized carbons (Fsp3) is 0.577. The summed E-state index contributed by atoms with van der Waals surface area (Å²) in [6.07, 6.45) is 8.97. The molecule has 0 spiro atoms. The zero-order chi connectivity index (χ0) is 25.4. The van der Waals surface area contributed by atoms with Crippen molar-refractivity contribution in [2.75, 3.05) is 32.1 Å². The molecule has 0 amide bonds. The Hall–Kier alpha value is -1.99. The minimum atomic E-state index is -0.229. The van der Waals surface area contributed by atoms with Crippen LogP contribution in [0.2, 0.25) is 10.0 Å². The largest absolute Gasteiger partial charge is 0.370 e. The van der Waals surface area contributed by atoms with Crippen LogP contribution < -0.4 is 15.8 Å². The molecule has 1 aliphatic carbocycles. The Bertz CT molecular complexity index is 1120. The van der Waals surface area contributed by atoms with E-state index in [9.17, 15) is 5.26 Å². The van der Waals surface area contributed by atoms with Crippen molar-refractivity contribution < 1.29 is 4.74 Å². The fourth-order valence-electron chi connectivity index (χ4n) is 5.92. The number of nitriles is 1. The van der Waals surface area contributed by atoms with E-state index in [1.54, 1.807) is 12.4 Å². The molecule has 1 saturated carbocycles. The first-order valence-corrected chi connectivity index (χ1v) is 13.4. The van der Waals surface area contributed by atoms with Gasteiger partial charge in [0.2, 0.25) is 0 Å². The number of rotatable bonds is 7. The van der Waals surface area contributed by atoms with E-state index in [1.165, 1.54) is 0 Å². The Kier molecular flexibility index (Phi) is 7.68. The van der Waals surface area contributed by atoms with Crippen LogP contribution in [0.4, 0.5) is 5.82 Å². The number of hydrogen-bond acceptors (Lipinski definition) is 8. The van der Waals surface area contributed by atoms with Crippen molar-refractivity contribution in [1.29, 1.82) is 5.26 Å². The molecule has 3 aliphatic rings. The third-order valence-electron chi connectivity index (χ3n) is 7.76. The Morgan fingerprint density at radius 2 is 1.97 bits per heavy atom. The third kappa shape index (κ3) is 5.06. The molecule has 5 unspecified atom stereocenters. The highest BCUT2D eigenvalue weighted by Crippen LogP contribution is 2.42. The molecular formula is C26H33Cl2N7O. The number of likely N-dealkylation sites (N-methyl/N-ethyl adjacent to an activating group) is 1. The summed E-state index contributed by atoms with van der Waals surface area (Å²) in [6.45, 7) is 3.89. The van der Waals surface area contributed by atoms with E-state index in [0.717, 1.165) is 55.7 Å². The van der Waals surface area contributed by atoms with Gasteiger partial charge in [-0.1, -0.05) is 23.2 Å². The van der Waals surface area contributed by atoms with Crippen molar-refractivity contribution in [2.45, 2.75) is 62.9 Å². The van der Waals surface area contributed by atoms with Gasteiger partial charge in [0.15, 0.2) is 0 Å². The number of anilines is 1. The summed E-state index contributed by atoms with van der Waals surface area (Å²) < 4.78 is 6.46. The van der Waals surface area contributed by atoms with Crippen LogP contribution in [-0.2, 0) is 4.74 Å². The number of ether oxygens (including phenoxy) is 1. The SMILES string of the molecule is C[C@@H](OC1CCC2NNC(c3cnc(N4CCC4CN(C)C)c(C#N)c3)C2C1)c1c(Cl)cncc1Cl. The zero-order valence-electron chi connectivity index (χ0n) is 20.9. The summed E-state index contributed by atoms with van der Waals surface area (Å²) in [5.41, 5.74) is 9.41. The second-order valence-electron chi connectivity index (χ2n) is 10.4. The highest BCUT2D eigenvalue weighted by atomic mass is 35.5. The molecule has 3 fully saturated rings. The van der Waals surface area contributed by atoms with Crippen molar-refractivity contribution in [2.24, 2.45) is 5.92 Å². The summed E-state index contributed by atoms with van der Waals surface area (Å²) in [5, 5.41) is 11.0. The van der Waals surface area contributed by atoms with Gasteiger partial charge in [0.1, 0.15) is 11.9 Å². The smallest absolute Gasteiger partial charge is 0.146 e. The molecule has 2 saturated heterocycles. The predicted octanol–water partition coefficient (Wildman–Crippen LogP) is 4.26. The molecule has 0 radical (unpaired) electrons. The Balaban J connectivity index is 1.30. The minimum Gasteiger partial charge on any atom is -0.370 e. The van der Waals surface area contributed by atoms with Crippen LogP contribution in [0.5, 0.6) is 0 Å². The summed E-state index contributed by atoms with van der Waals surface area (Å²) in [6, 6.07) is 5.23. The summed E-state index contributed by atoms with van der Waals surface area (Å²) in [7, 11) is 4.16. The van der Waals surface area contributed by atoms with Crippen molar-refractivity contribution in [1.82, 2.24) is 25.7 Å². The van der Waals surface area contributed by atoms with Crippen LogP contribution in [-0.4, -0.2) is 60.2 Å². The lowest BCUT2D eigenvalue weighted by Gasteiger charge is -2.43. The first kappa shape index (κ1) is 25.7. The quantitative estimate of drug-likeness (QED) is 0.549. The Labute approximate surface area is 222 Å². The molecule has 0 bridgehead atoms. The van der Waals surface area contributed by atoms with E-state index in [4.69, 9.17) is 32.9 Å². The van der Waals surface area contributed by atoms with E-state index < -0.39 is 0 Å². The Morgan fingerprint density at radius 1 is 1.19 bits per heavy atom. The van der Waals surface area contributed by atoms with Gasteiger partial charge in [0, 0.05) is 49.3 Å². The molecule has 36 heavy (non-hydrogen) atoms. The molecule has 2 aromatic rings. The van der Waals surface area contributed by atoms with E-state index in [2.05, 4.69) is 45.8 Å². The molecule has 8 nitrogen and oxygen atoms in total. The van der Waals surface area contributed by atoms with E-state index >= 15 is 0 Å². The maximum Gasteiger partial charge on any atom is 0.146 e. The molecule has 5 rings (SSSR count). The van der Waals surface area contributed by atoms with Gasteiger partial charge < -0.3 is 14.5 Å². The highest BCUT2D eigenvalue weighted by Gasteiger charge is 2.42. The van der Waals surface area contributed by atoms with E-state index in [0.29, 0.717) is 33.6 Å². The van der Waals surface area contributed by atoms with Crippen LogP contribution in [0.3, 0.4) is 0 Å². The van der Waals surface area contributed by atoms with Gasteiger partial charge in [-0.25, -0.2) is 10.4 Å². The second-order valence-corrected chi connectivity index (χ2v) is 11.2. The number of fused-ring (bicyclic) bond motifs is 1. The van der Waals surface area contributed by atoms with Crippen molar-refractivity contribution in [3.63, 3.8) is 0 Å². The maximum absolute atomic E-state index is 9.94. The van der Waals surface area contributed by atoms with Crippen LogP contribution in [0.25, 0.3) is 0 Å². The van der Waals surface area contributed by atoms with Gasteiger partial charge >= 0.3 is 0 Å². The normalized spacial score (nSPS) is 28.5. The number of pyridine rings is 2. The van der Waals surface area contributed by atoms with Crippen LogP contribution in [0.1, 0.15) is 61.4 Å². The fourth-order valence-corrected chi connectivity index (χ4v) is 6.60. The Morgan fingerprint density at radius 3 is 2.64 bits per heavy atom. The molecule has 2 aliphatic heterocycles. The van der Waals surface area contributed by atoms with Crippen LogP contribution in [0.15, 0.2) is 24.7 Å². The standard InChI is InChI=1S/C26H33Cl2N7O/c1-15(24-21(27)12-30-13-22(24)28)36-19-4-5-23-20(9-19)25(33-32-23)17-8-16(10-29)26(31-11-17)35-7-6-18(35)14-34(2)3/h8,11-13,15,18-20,23,25,32-33H,4-7,9,14H2,1-3H3/t15-,18?,19?,20?,23?,25?/m1/s1. The van der Waals surface area contributed by atoms with Crippen molar-refractivity contribution in [3.05, 3.63) is 51.4 Å². The molecule has 10 heteroatoms. The lowest BCUT2D eigenvalue weighted by atomic mass is 9.78. The number of nitrogens with zero attached hydrogens (tertiary/aromatic N) is 5. The second kappa shape index (κ2) is 10.8. The lowest BCUT2D eigenvalue weighted by Crippen LogP contribution is -2.53. The van der Waals surface area contributed by atoms with Gasteiger partial charge in [-0.2, -0.15) is 5.26 Å². The summed E-state index contributed by atoms with van der Waals surface area (Å²) in [5.74, 6) is 1.12. The maximum atomic E-state index is 9.94. The van der Waals surface area contributed by atoms with Crippen molar-refractivity contribution in [3.8, 4) is 6.07 Å². The first-order valence-electron chi connectivity index (χ1n) is 12.6. The summed E-state index contributed by atoms with van der Waals surface area (Å²) >= 11 is 12.7. The number of halogens is 2. The monoisotopic (exact) mass is 529 g/mol. The van der Waals surface area contributed by atoms with Gasteiger partial charge in [-0.05, 0) is 64.3 Å². The molecule has 0 aromatic carbocycles. The lowest BCUT2D eigenvalue weighted by molar-refractivity contribution is -0.0370. The topological polar surface area (TPSA) is 89.3 Å². The average Bonchev–Trinajstić information content (AvgIpc) is 3.25. The molecular weight excluding hydrogens is 497 g/mol. The van der Waals surface area contributed by atoms with Gasteiger partial charge in [0.25, 0.3) is 0 Å². The third-order valence-corrected chi connectivity index (χ3v) is 8.36. The molecule has 192 valence electrons. The first-order chi connectivity index (χ1) is 17.4. The number of hydrogen-bond donors (Lipinski definition) is 2. The predicted molar refractivity (Wildman–Crippen MR) is 141 cm³/mol. The van der Waals surface area contributed by atoms with Crippen molar-refractivity contribution >= 4 is 29.0 Å². The molecule has 6 atom stereocenters. The van der Waals surface area contributed by atoms with Gasteiger partial charge in [-0.15, -0.1) is 0 Å². The van der Waals surface area contributed by atoms with E-state index in [1.807, 2.05) is 19.2 Å². The molecule has 2 aromatic heterocycles. The van der Waals surface area contributed by atoms with Crippen LogP contribution in [0, 0.1) is 17.2 Å². The number of aromatic nitrogens is 2. The van der Waals surface area contributed by atoms with Crippen LogP contribution >= 0.6 is 23.2 Å².